The fraction of sp³-hybridized carbons (Fsp3) is 0.368. The highest BCUT2D eigenvalue weighted by Crippen LogP contribution is 2.39. The van der Waals surface area contributed by atoms with Gasteiger partial charge in [0.05, 0.1) is 0 Å². The lowest BCUT2D eigenvalue weighted by Gasteiger charge is -2.29. The summed E-state index contributed by atoms with van der Waals surface area (Å²) in [7, 11) is 0. The lowest BCUT2D eigenvalue weighted by Crippen LogP contribution is -2.16. The van der Waals surface area contributed by atoms with E-state index in [1.165, 1.54) is 22.5 Å². The van der Waals surface area contributed by atoms with Crippen LogP contribution in [0.15, 0.2) is 59.8 Å². The van der Waals surface area contributed by atoms with Crippen LogP contribution in [0, 0.1) is 0 Å². The smallest absolute Gasteiger partial charge is 0.0423 e. The van der Waals surface area contributed by atoms with Gasteiger partial charge in [0.2, 0.25) is 0 Å². The molecule has 1 unspecified atom stereocenters. The predicted molar refractivity (Wildman–Crippen MR) is 91.1 cm³/mol. The third kappa shape index (κ3) is 3.41. The highest BCUT2D eigenvalue weighted by Gasteiger charge is 2.23. The van der Waals surface area contributed by atoms with Gasteiger partial charge in [0.25, 0.3) is 0 Å². The molecule has 0 saturated carbocycles. The first-order valence-corrected chi connectivity index (χ1v) is 7.79. The minimum absolute atomic E-state index is 0.489. The summed E-state index contributed by atoms with van der Waals surface area (Å²) in [5, 5.41) is 3.51. The fourth-order valence-electron chi connectivity index (χ4n) is 2.47. The maximum Gasteiger partial charge on any atom is 0.0423 e. The molecular formula is C19H27N. The largest absolute Gasteiger partial charge is 0.355 e. The van der Waals surface area contributed by atoms with E-state index < -0.39 is 0 Å². The number of hydrogen-bond acceptors (Lipinski definition) is 1. The summed E-state index contributed by atoms with van der Waals surface area (Å²) in [6.07, 6.45) is 9.85. The molecule has 1 nitrogen and oxygen atoms in total. The molecule has 1 aromatic carbocycles. The van der Waals surface area contributed by atoms with Crippen LogP contribution in [0.4, 0.5) is 5.69 Å². The average Bonchev–Trinajstić information content (AvgIpc) is 2.77. The number of hydrogen-bond donors (Lipinski definition) is 1. The molecule has 3 rings (SSSR count). The number of fused-ring (bicyclic) bond motifs is 2. The molecule has 1 aliphatic carbocycles. The lowest BCUT2D eigenvalue weighted by molar-refractivity contribution is 0.878. The molecule has 0 spiro atoms. The Bertz CT molecular complexity index is 506. The van der Waals surface area contributed by atoms with Gasteiger partial charge in [0, 0.05) is 17.3 Å². The van der Waals surface area contributed by atoms with E-state index in [1.54, 1.807) is 0 Å². The standard InChI is InChI=1S/C15H15N.2C2H6/c1-11-12-7-3-2-4-9-14(12)16-15-10-6-5-8-13(11)15;2*1-2/h2,4-11,16H,3H2,1H3;2*1-2H3. The summed E-state index contributed by atoms with van der Waals surface area (Å²) in [5.74, 6) is 0.489. The van der Waals surface area contributed by atoms with Gasteiger partial charge < -0.3 is 5.32 Å². The number of benzene rings is 1. The van der Waals surface area contributed by atoms with Gasteiger partial charge >= 0.3 is 0 Å². The summed E-state index contributed by atoms with van der Waals surface area (Å²) in [5.41, 5.74) is 5.31. The minimum atomic E-state index is 0.489. The summed E-state index contributed by atoms with van der Waals surface area (Å²) in [6.45, 7) is 10.3. The molecule has 0 fully saturated rings. The topological polar surface area (TPSA) is 12.0 Å². The van der Waals surface area contributed by atoms with Crippen LogP contribution in [0.5, 0.6) is 0 Å². The van der Waals surface area contributed by atoms with Gasteiger partial charge in [0.1, 0.15) is 0 Å². The molecule has 1 atom stereocenters. The number of rotatable bonds is 0. The maximum absolute atomic E-state index is 3.51. The van der Waals surface area contributed by atoms with Crippen molar-refractivity contribution in [3.63, 3.8) is 0 Å². The zero-order chi connectivity index (χ0) is 15.0. The Morgan fingerprint density at radius 3 is 2.50 bits per heavy atom. The van der Waals surface area contributed by atoms with E-state index in [9.17, 15) is 0 Å². The molecule has 0 bridgehead atoms. The van der Waals surface area contributed by atoms with Crippen LogP contribution in [-0.2, 0) is 0 Å². The van der Waals surface area contributed by atoms with Gasteiger partial charge in [-0.05, 0) is 29.7 Å². The van der Waals surface area contributed by atoms with Crippen molar-refractivity contribution in [2.75, 3.05) is 5.32 Å². The number of allylic oxidation sites excluding steroid dienone is 5. The summed E-state index contributed by atoms with van der Waals surface area (Å²) in [4.78, 5) is 0. The van der Waals surface area contributed by atoms with Gasteiger partial charge in [-0.3, -0.25) is 0 Å². The van der Waals surface area contributed by atoms with E-state index in [0.29, 0.717) is 5.92 Å². The summed E-state index contributed by atoms with van der Waals surface area (Å²) < 4.78 is 0. The first-order valence-electron chi connectivity index (χ1n) is 7.79. The minimum Gasteiger partial charge on any atom is -0.355 e. The van der Waals surface area contributed by atoms with Gasteiger partial charge in [-0.2, -0.15) is 0 Å². The van der Waals surface area contributed by atoms with Gasteiger partial charge in [0.15, 0.2) is 0 Å². The highest BCUT2D eigenvalue weighted by atomic mass is 14.9. The maximum atomic E-state index is 3.51. The number of nitrogens with one attached hydrogen (secondary N) is 1. The van der Waals surface area contributed by atoms with Crippen molar-refractivity contribution in [3.8, 4) is 0 Å². The van der Waals surface area contributed by atoms with Gasteiger partial charge in [-0.25, -0.2) is 0 Å². The molecule has 1 heterocycles. The Hall–Kier alpha value is -1.76. The van der Waals surface area contributed by atoms with Gasteiger partial charge in [-0.1, -0.05) is 71.0 Å². The van der Waals surface area contributed by atoms with E-state index in [2.05, 4.69) is 60.8 Å². The van der Waals surface area contributed by atoms with Crippen molar-refractivity contribution in [2.45, 2.75) is 47.0 Å². The molecule has 108 valence electrons. The molecule has 0 saturated heterocycles. The van der Waals surface area contributed by atoms with Crippen LogP contribution in [0.1, 0.15) is 52.5 Å². The van der Waals surface area contributed by atoms with E-state index in [-0.39, 0.29) is 0 Å². The normalized spacial score (nSPS) is 18.4. The first kappa shape index (κ1) is 16.3. The Labute approximate surface area is 124 Å². The predicted octanol–water partition coefficient (Wildman–Crippen LogP) is 6.04. The van der Waals surface area contributed by atoms with E-state index in [4.69, 9.17) is 0 Å². The van der Waals surface area contributed by atoms with Crippen molar-refractivity contribution in [1.29, 1.82) is 0 Å². The third-order valence-corrected chi connectivity index (χ3v) is 3.35. The zero-order valence-corrected chi connectivity index (χ0v) is 13.4. The second-order valence-corrected chi connectivity index (χ2v) is 4.34. The molecule has 0 aromatic heterocycles. The monoisotopic (exact) mass is 269 g/mol. The van der Waals surface area contributed by atoms with E-state index >= 15 is 0 Å². The third-order valence-electron chi connectivity index (χ3n) is 3.35. The second-order valence-electron chi connectivity index (χ2n) is 4.34. The quantitative estimate of drug-likeness (QED) is 0.605. The van der Waals surface area contributed by atoms with Crippen molar-refractivity contribution in [1.82, 2.24) is 0 Å². The van der Waals surface area contributed by atoms with Crippen molar-refractivity contribution in [3.05, 3.63) is 65.4 Å². The van der Waals surface area contributed by atoms with Crippen LogP contribution >= 0.6 is 0 Å². The van der Waals surface area contributed by atoms with Crippen LogP contribution in [-0.4, -0.2) is 0 Å². The SMILES string of the molecule is CC.CC.CC1C2=CCC=CC=C2Nc2ccccc21. The Morgan fingerprint density at radius 1 is 1.05 bits per heavy atom. The van der Waals surface area contributed by atoms with Crippen molar-refractivity contribution in [2.24, 2.45) is 0 Å². The Morgan fingerprint density at radius 2 is 1.75 bits per heavy atom. The molecule has 1 N–H and O–H groups in total. The van der Waals surface area contributed by atoms with Crippen LogP contribution in [0.25, 0.3) is 0 Å². The van der Waals surface area contributed by atoms with E-state index in [1.807, 2.05) is 27.7 Å². The lowest BCUT2D eigenvalue weighted by atomic mass is 9.86. The number of para-hydroxylation sites is 1. The Kier molecular flexibility index (Phi) is 6.86. The van der Waals surface area contributed by atoms with Crippen molar-refractivity contribution >= 4 is 5.69 Å². The van der Waals surface area contributed by atoms with Crippen LogP contribution < -0.4 is 5.32 Å². The molecule has 1 aromatic rings. The molecule has 0 amide bonds. The summed E-state index contributed by atoms with van der Waals surface area (Å²) in [6, 6.07) is 8.56. The Balaban J connectivity index is 0.000000461. The molecule has 1 heteroatoms. The fourth-order valence-corrected chi connectivity index (χ4v) is 2.47. The zero-order valence-electron chi connectivity index (χ0n) is 13.4. The summed E-state index contributed by atoms with van der Waals surface area (Å²) >= 11 is 0. The number of anilines is 1. The molecule has 20 heavy (non-hydrogen) atoms. The van der Waals surface area contributed by atoms with Crippen molar-refractivity contribution < 1.29 is 0 Å². The highest BCUT2D eigenvalue weighted by molar-refractivity contribution is 5.67. The average molecular weight is 269 g/mol. The molecule has 1 aliphatic heterocycles. The molecular weight excluding hydrogens is 242 g/mol. The van der Waals surface area contributed by atoms with Crippen LogP contribution in [0.3, 0.4) is 0 Å². The van der Waals surface area contributed by atoms with Crippen LogP contribution in [0.2, 0.25) is 0 Å². The molecule has 0 radical (unpaired) electrons. The first-order chi connectivity index (χ1) is 9.86. The second kappa shape index (κ2) is 8.42. The van der Waals surface area contributed by atoms with E-state index in [0.717, 1.165) is 6.42 Å². The van der Waals surface area contributed by atoms with Gasteiger partial charge in [-0.15, -0.1) is 0 Å². The molecule has 2 aliphatic rings.